The van der Waals surface area contributed by atoms with Gasteiger partial charge in [-0.1, -0.05) is 109 Å². The van der Waals surface area contributed by atoms with Crippen LogP contribution in [0.3, 0.4) is 0 Å². The summed E-state index contributed by atoms with van der Waals surface area (Å²) in [5.74, 6) is 0. The minimum atomic E-state index is 1.16. The fourth-order valence-electron chi connectivity index (χ4n) is 8.22. The zero-order chi connectivity index (χ0) is 33.5. The van der Waals surface area contributed by atoms with E-state index in [1.165, 1.54) is 91.7 Å². The molecule has 11 aromatic rings. The fourth-order valence-corrected chi connectivity index (χ4v) is 9.34. The van der Waals surface area contributed by atoms with Gasteiger partial charge in [-0.3, -0.25) is 0 Å². The molecule has 3 aromatic heterocycles. The molecule has 0 fully saturated rings. The number of hydrogen-bond acceptors (Lipinski definition) is 1. The molecule has 3 heteroatoms. The first kappa shape index (κ1) is 28.4. The van der Waals surface area contributed by atoms with Crippen molar-refractivity contribution in [1.29, 1.82) is 0 Å². The van der Waals surface area contributed by atoms with E-state index in [1.54, 1.807) is 0 Å². The summed E-state index contributed by atoms with van der Waals surface area (Å²) in [6.07, 6.45) is 0. The number of aromatic nitrogens is 2. The van der Waals surface area contributed by atoms with Crippen molar-refractivity contribution in [2.75, 3.05) is 0 Å². The van der Waals surface area contributed by atoms with Gasteiger partial charge >= 0.3 is 0 Å². The van der Waals surface area contributed by atoms with Gasteiger partial charge in [-0.05, 0) is 95.1 Å². The summed E-state index contributed by atoms with van der Waals surface area (Å²) in [5, 5.41) is 7.79. The summed E-state index contributed by atoms with van der Waals surface area (Å²) >= 11 is 1.88. The second-order valence-corrected chi connectivity index (χ2v) is 14.4. The van der Waals surface area contributed by atoms with E-state index in [9.17, 15) is 0 Å². The average molecular weight is 667 g/mol. The molecule has 0 spiro atoms. The van der Waals surface area contributed by atoms with Gasteiger partial charge < -0.3 is 9.13 Å². The highest BCUT2D eigenvalue weighted by atomic mass is 32.1. The first-order valence-corrected chi connectivity index (χ1v) is 18.3. The van der Waals surface area contributed by atoms with Gasteiger partial charge in [-0.2, -0.15) is 0 Å². The standard InChI is InChI=1S/C48H30N2S/c1-3-11-31(12-4-1)32-19-23-36(24-20-32)49-41-17-9-7-15-37(41)39-29-33(21-25-42(39)49)34-22-26-43-40(30-34)47-44(50(43)35-13-5-2-6-14-35)27-28-46-48(47)38-16-8-10-18-45(38)51-46/h1-30H. The molecule has 0 unspecified atom stereocenters. The molecule has 0 aliphatic heterocycles. The number of benzene rings is 8. The molecule has 51 heavy (non-hydrogen) atoms. The van der Waals surface area contributed by atoms with Crippen molar-refractivity contribution < 1.29 is 0 Å². The van der Waals surface area contributed by atoms with Crippen LogP contribution in [0.4, 0.5) is 0 Å². The first-order valence-electron chi connectivity index (χ1n) is 17.4. The van der Waals surface area contributed by atoms with Gasteiger partial charge in [0.2, 0.25) is 0 Å². The summed E-state index contributed by atoms with van der Waals surface area (Å²) in [6, 6.07) is 66.6. The molecule has 0 saturated carbocycles. The van der Waals surface area contributed by atoms with Crippen LogP contribution in [0.5, 0.6) is 0 Å². The zero-order valence-corrected chi connectivity index (χ0v) is 28.4. The smallest absolute Gasteiger partial charge is 0.0548 e. The number of para-hydroxylation sites is 2. The minimum Gasteiger partial charge on any atom is -0.309 e. The van der Waals surface area contributed by atoms with Gasteiger partial charge in [-0.15, -0.1) is 11.3 Å². The quantitative estimate of drug-likeness (QED) is 0.177. The SMILES string of the molecule is c1ccc(-c2ccc(-n3c4ccccc4c4cc(-c5ccc6c(c5)c5c7c(ccc5n6-c5ccccc5)sc5ccccc57)ccc43)cc2)cc1. The Labute approximate surface area is 298 Å². The molecule has 8 aromatic carbocycles. The lowest BCUT2D eigenvalue weighted by Gasteiger charge is -2.10. The van der Waals surface area contributed by atoms with Gasteiger partial charge in [0.05, 0.1) is 22.1 Å². The third-order valence-electron chi connectivity index (χ3n) is 10.5. The van der Waals surface area contributed by atoms with E-state index in [0.717, 1.165) is 5.69 Å². The monoisotopic (exact) mass is 666 g/mol. The maximum atomic E-state index is 2.43. The lowest BCUT2D eigenvalue weighted by atomic mass is 9.99. The third kappa shape index (κ3) is 4.29. The zero-order valence-electron chi connectivity index (χ0n) is 27.6. The van der Waals surface area contributed by atoms with Crippen LogP contribution in [0.1, 0.15) is 0 Å². The highest BCUT2D eigenvalue weighted by Gasteiger charge is 2.19. The van der Waals surface area contributed by atoms with Crippen LogP contribution >= 0.6 is 11.3 Å². The van der Waals surface area contributed by atoms with Crippen molar-refractivity contribution in [1.82, 2.24) is 9.13 Å². The van der Waals surface area contributed by atoms with Gasteiger partial charge in [0, 0.05) is 53.1 Å². The highest BCUT2D eigenvalue weighted by Crippen LogP contribution is 2.44. The van der Waals surface area contributed by atoms with Crippen LogP contribution in [0.2, 0.25) is 0 Å². The summed E-state index contributed by atoms with van der Waals surface area (Å²) in [7, 11) is 0. The van der Waals surface area contributed by atoms with E-state index in [2.05, 4.69) is 191 Å². The van der Waals surface area contributed by atoms with Crippen LogP contribution in [0, 0.1) is 0 Å². The lowest BCUT2D eigenvalue weighted by Crippen LogP contribution is -1.94. The molecule has 0 aliphatic carbocycles. The summed E-state index contributed by atoms with van der Waals surface area (Å²) in [6.45, 7) is 0. The second kappa shape index (κ2) is 11.0. The molecule has 11 rings (SSSR count). The molecule has 0 bridgehead atoms. The third-order valence-corrected chi connectivity index (χ3v) is 11.7. The molecule has 0 aliphatic rings. The van der Waals surface area contributed by atoms with Crippen LogP contribution in [0.25, 0.3) is 97.4 Å². The molecule has 3 heterocycles. The molecule has 0 amide bonds. The molecular formula is C48H30N2S. The van der Waals surface area contributed by atoms with E-state index in [0.29, 0.717) is 0 Å². The Balaban J connectivity index is 1.13. The number of fused-ring (bicyclic) bond motifs is 10. The van der Waals surface area contributed by atoms with E-state index < -0.39 is 0 Å². The van der Waals surface area contributed by atoms with E-state index >= 15 is 0 Å². The van der Waals surface area contributed by atoms with Crippen molar-refractivity contribution in [3.63, 3.8) is 0 Å². The Kier molecular flexibility index (Phi) is 6.16. The fraction of sp³-hybridized carbons (Fsp3) is 0. The predicted molar refractivity (Wildman–Crippen MR) is 219 cm³/mol. The summed E-state index contributed by atoms with van der Waals surface area (Å²) < 4.78 is 7.49. The Hall–Kier alpha value is -6.42. The largest absolute Gasteiger partial charge is 0.309 e. The molecule has 0 N–H and O–H groups in total. The predicted octanol–water partition coefficient (Wildman–Crippen LogP) is 13.6. The van der Waals surface area contributed by atoms with Crippen molar-refractivity contribution in [2.45, 2.75) is 0 Å². The average Bonchev–Trinajstić information content (AvgIpc) is 3.85. The number of hydrogen-bond donors (Lipinski definition) is 0. The van der Waals surface area contributed by atoms with Crippen LogP contribution in [0.15, 0.2) is 182 Å². The van der Waals surface area contributed by atoms with Crippen LogP contribution in [-0.2, 0) is 0 Å². The molecule has 2 nitrogen and oxygen atoms in total. The van der Waals surface area contributed by atoms with Gasteiger partial charge in [0.1, 0.15) is 0 Å². The highest BCUT2D eigenvalue weighted by molar-refractivity contribution is 7.26. The Bertz CT molecular complexity index is 3110. The normalized spacial score (nSPS) is 11.9. The van der Waals surface area contributed by atoms with E-state index in [-0.39, 0.29) is 0 Å². The van der Waals surface area contributed by atoms with Crippen LogP contribution < -0.4 is 0 Å². The van der Waals surface area contributed by atoms with Crippen molar-refractivity contribution >= 4 is 75.1 Å². The minimum absolute atomic E-state index is 1.16. The topological polar surface area (TPSA) is 9.86 Å². The lowest BCUT2D eigenvalue weighted by molar-refractivity contribution is 1.18. The first-order chi connectivity index (χ1) is 25.3. The summed E-state index contributed by atoms with van der Waals surface area (Å²) in [5.41, 5.74) is 12.1. The van der Waals surface area contributed by atoms with Crippen LogP contribution in [-0.4, -0.2) is 9.13 Å². The maximum Gasteiger partial charge on any atom is 0.0548 e. The summed E-state index contributed by atoms with van der Waals surface area (Å²) in [4.78, 5) is 0. The van der Waals surface area contributed by atoms with Gasteiger partial charge in [-0.25, -0.2) is 0 Å². The van der Waals surface area contributed by atoms with E-state index in [4.69, 9.17) is 0 Å². The Morgan fingerprint density at radius 2 is 0.824 bits per heavy atom. The number of thiophene rings is 1. The van der Waals surface area contributed by atoms with Gasteiger partial charge in [0.25, 0.3) is 0 Å². The maximum absolute atomic E-state index is 2.43. The molecule has 0 atom stereocenters. The van der Waals surface area contributed by atoms with E-state index in [1.807, 2.05) is 11.3 Å². The second-order valence-electron chi connectivity index (χ2n) is 13.3. The molecular weight excluding hydrogens is 637 g/mol. The molecule has 0 radical (unpaired) electrons. The van der Waals surface area contributed by atoms with Crippen molar-refractivity contribution in [3.8, 4) is 33.6 Å². The molecule has 0 saturated heterocycles. The van der Waals surface area contributed by atoms with Gasteiger partial charge in [0.15, 0.2) is 0 Å². The Morgan fingerprint density at radius 3 is 1.61 bits per heavy atom. The van der Waals surface area contributed by atoms with Crippen molar-refractivity contribution in [3.05, 3.63) is 182 Å². The molecule has 238 valence electrons. The number of nitrogens with zero attached hydrogens (tertiary/aromatic N) is 2. The van der Waals surface area contributed by atoms with Crippen molar-refractivity contribution in [2.24, 2.45) is 0 Å². The number of rotatable bonds is 4. The Morgan fingerprint density at radius 1 is 0.294 bits per heavy atom.